The van der Waals surface area contributed by atoms with Gasteiger partial charge in [0.05, 0.1) is 11.7 Å². The van der Waals surface area contributed by atoms with Gasteiger partial charge in [-0.2, -0.15) is 0 Å². The molecule has 1 fully saturated rings. The number of nitrogens with zero attached hydrogens (tertiary/aromatic N) is 2. The standard InChI is InChI=1S/C20H21FN2O2/c21-17-8-4-3-7-16(17)20(25)23-11-9-22(10-12-23)18-13-14-5-1-2-6-15(14)19(18)24/h1-8,18-19,24H,9-13H2/t18-,19+/m1/s1. The van der Waals surface area contributed by atoms with Gasteiger partial charge in [-0.1, -0.05) is 36.4 Å². The second kappa shape index (κ2) is 6.58. The van der Waals surface area contributed by atoms with E-state index in [1.807, 2.05) is 18.2 Å². The van der Waals surface area contributed by atoms with Gasteiger partial charge >= 0.3 is 0 Å². The van der Waals surface area contributed by atoms with Crippen molar-refractivity contribution in [1.82, 2.24) is 9.80 Å². The molecule has 0 aromatic heterocycles. The summed E-state index contributed by atoms with van der Waals surface area (Å²) in [4.78, 5) is 16.5. The lowest BCUT2D eigenvalue weighted by atomic mass is 10.1. The molecule has 2 atom stereocenters. The van der Waals surface area contributed by atoms with E-state index in [1.54, 1.807) is 17.0 Å². The highest BCUT2D eigenvalue weighted by molar-refractivity contribution is 5.94. The number of amides is 1. The lowest BCUT2D eigenvalue weighted by molar-refractivity contribution is 0.0254. The number of benzene rings is 2. The number of piperazine rings is 1. The SMILES string of the molecule is O=C(c1ccccc1F)N1CCN([C@@H]2Cc3ccccc3[C@@H]2O)CC1. The zero-order valence-electron chi connectivity index (χ0n) is 13.9. The molecule has 2 aliphatic rings. The lowest BCUT2D eigenvalue weighted by Crippen LogP contribution is -2.53. The third kappa shape index (κ3) is 2.94. The topological polar surface area (TPSA) is 43.8 Å². The van der Waals surface area contributed by atoms with Gasteiger partial charge in [-0.05, 0) is 29.7 Å². The average Bonchev–Trinajstić information content (AvgIpc) is 2.99. The Morgan fingerprint density at radius 2 is 1.68 bits per heavy atom. The number of fused-ring (bicyclic) bond motifs is 1. The second-order valence-electron chi connectivity index (χ2n) is 6.72. The van der Waals surface area contributed by atoms with Gasteiger partial charge < -0.3 is 10.0 Å². The van der Waals surface area contributed by atoms with Crippen molar-refractivity contribution < 1.29 is 14.3 Å². The van der Waals surface area contributed by atoms with Crippen LogP contribution < -0.4 is 0 Å². The van der Waals surface area contributed by atoms with E-state index < -0.39 is 11.9 Å². The van der Waals surface area contributed by atoms with Crippen molar-refractivity contribution in [3.63, 3.8) is 0 Å². The normalized spacial score (nSPS) is 23.5. The van der Waals surface area contributed by atoms with Crippen molar-refractivity contribution >= 4 is 5.91 Å². The Hall–Kier alpha value is -2.24. The van der Waals surface area contributed by atoms with E-state index in [0.29, 0.717) is 26.2 Å². The summed E-state index contributed by atoms with van der Waals surface area (Å²) < 4.78 is 13.8. The van der Waals surface area contributed by atoms with Crippen LogP contribution in [0, 0.1) is 5.82 Å². The van der Waals surface area contributed by atoms with Crippen molar-refractivity contribution in [3.8, 4) is 0 Å². The largest absolute Gasteiger partial charge is 0.387 e. The van der Waals surface area contributed by atoms with Gasteiger partial charge in [-0.25, -0.2) is 4.39 Å². The summed E-state index contributed by atoms with van der Waals surface area (Å²) in [7, 11) is 0. The second-order valence-corrected chi connectivity index (χ2v) is 6.72. The van der Waals surface area contributed by atoms with Gasteiger partial charge in [0.2, 0.25) is 0 Å². The molecule has 1 saturated heterocycles. The molecule has 1 aliphatic heterocycles. The molecule has 5 heteroatoms. The summed E-state index contributed by atoms with van der Waals surface area (Å²) in [5.74, 6) is -0.732. The summed E-state index contributed by atoms with van der Waals surface area (Å²) in [6.45, 7) is 2.48. The molecule has 1 N–H and O–H groups in total. The highest BCUT2D eigenvalue weighted by Crippen LogP contribution is 2.34. The molecule has 2 aromatic rings. The Kier molecular flexibility index (Phi) is 4.27. The smallest absolute Gasteiger partial charge is 0.256 e. The minimum atomic E-state index is -0.481. The van der Waals surface area contributed by atoms with Crippen LogP contribution in [-0.4, -0.2) is 53.0 Å². The number of rotatable bonds is 2. The average molecular weight is 340 g/mol. The predicted octanol–water partition coefficient (Wildman–Crippen LogP) is 2.24. The number of carbonyl (C=O) groups is 1. The molecule has 2 aromatic carbocycles. The number of carbonyl (C=O) groups excluding carboxylic acids is 1. The molecule has 1 heterocycles. The van der Waals surface area contributed by atoms with Gasteiger partial charge in [0.15, 0.2) is 0 Å². The minimum Gasteiger partial charge on any atom is -0.387 e. The Bertz CT molecular complexity index is 787. The van der Waals surface area contributed by atoms with Crippen LogP contribution in [0.1, 0.15) is 27.6 Å². The Morgan fingerprint density at radius 1 is 1.00 bits per heavy atom. The molecule has 0 spiro atoms. The number of aliphatic hydroxyl groups is 1. The first kappa shape index (κ1) is 16.2. The van der Waals surface area contributed by atoms with Crippen molar-refractivity contribution in [1.29, 1.82) is 0 Å². The molecular formula is C20H21FN2O2. The maximum absolute atomic E-state index is 13.8. The number of hydrogen-bond acceptors (Lipinski definition) is 3. The van der Waals surface area contributed by atoms with Crippen LogP contribution in [0.15, 0.2) is 48.5 Å². The summed E-state index contributed by atoms with van der Waals surface area (Å²) in [6, 6.07) is 14.2. The molecule has 0 saturated carbocycles. The highest BCUT2D eigenvalue weighted by Gasteiger charge is 2.36. The van der Waals surface area contributed by atoms with E-state index in [2.05, 4.69) is 11.0 Å². The summed E-state index contributed by atoms with van der Waals surface area (Å²) in [6.07, 6.45) is 0.350. The fourth-order valence-electron chi connectivity index (χ4n) is 3.94. The molecule has 130 valence electrons. The van der Waals surface area contributed by atoms with Gasteiger partial charge in [0.1, 0.15) is 5.82 Å². The van der Waals surface area contributed by atoms with E-state index in [4.69, 9.17) is 0 Å². The van der Waals surface area contributed by atoms with Gasteiger partial charge in [0, 0.05) is 32.2 Å². The molecule has 0 unspecified atom stereocenters. The van der Waals surface area contributed by atoms with Crippen molar-refractivity contribution in [2.75, 3.05) is 26.2 Å². The number of aliphatic hydroxyl groups excluding tert-OH is 1. The van der Waals surface area contributed by atoms with Crippen LogP contribution in [-0.2, 0) is 6.42 Å². The minimum absolute atomic E-state index is 0.0584. The fraction of sp³-hybridized carbons (Fsp3) is 0.350. The monoisotopic (exact) mass is 340 g/mol. The fourth-order valence-corrected chi connectivity index (χ4v) is 3.94. The molecule has 0 radical (unpaired) electrons. The summed E-state index contributed by atoms with van der Waals surface area (Å²) in [5, 5.41) is 10.6. The van der Waals surface area contributed by atoms with E-state index in [-0.39, 0.29) is 17.5 Å². The van der Waals surface area contributed by atoms with Crippen LogP contribution in [0.25, 0.3) is 0 Å². The first-order valence-electron chi connectivity index (χ1n) is 8.69. The van der Waals surface area contributed by atoms with E-state index >= 15 is 0 Å². The Labute approximate surface area is 146 Å². The zero-order valence-corrected chi connectivity index (χ0v) is 13.9. The molecular weight excluding hydrogens is 319 g/mol. The van der Waals surface area contributed by atoms with Crippen LogP contribution >= 0.6 is 0 Å². The number of halogens is 1. The maximum Gasteiger partial charge on any atom is 0.256 e. The lowest BCUT2D eigenvalue weighted by Gasteiger charge is -2.39. The molecule has 0 bridgehead atoms. The highest BCUT2D eigenvalue weighted by atomic mass is 19.1. The van der Waals surface area contributed by atoms with Crippen molar-refractivity contribution in [3.05, 3.63) is 71.0 Å². The van der Waals surface area contributed by atoms with Crippen molar-refractivity contribution in [2.45, 2.75) is 18.6 Å². The molecule has 1 aliphatic carbocycles. The maximum atomic E-state index is 13.8. The molecule has 4 nitrogen and oxygen atoms in total. The van der Waals surface area contributed by atoms with E-state index in [9.17, 15) is 14.3 Å². The zero-order chi connectivity index (χ0) is 17.4. The summed E-state index contributed by atoms with van der Waals surface area (Å²) in [5.41, 5.74) is 2.34. The molecule has 1 amide bonds. The van der Waals surface area contributed by atoms with Crippen LogP contribution in [0.5, 0.6) is 0 Å². The van der Waals surface area contributed by atoms with Gasteiger partial charge in [0.25, 0.3) is 5.91 Å². The number of hydrogen-bond donors (Lipinski definition) is 1. The van der Waals surface area contributed by atoms with Gasteiger partial charge in [-0.3, -0.25) is 9.69 Å². The third-order valence-corrected chi connectivity index (χ3v) is 5.34. The Balaban J connectivity index is 1.41. The Morgan fingerprint density at radius 3 is 2.40 bits per heavy atom. The summed E-state index contributed by atoms with van der Waals surface area (Å²) >= 11 is 0. The molecule has 25 heavy (non-hydrogen) atoms. The van der Waals surface area contributed by atoms with E-state index in [1.165, 1.54) is 17.7 Å². The first-order chi connectivity index (χ1) is 12.1. The van der Waals surface area contributed by atoms with Crippen molar-refractivity contribution in [2.24, 2.45) is 0 Å². The third-order valence-electron chi connectivity index (χ3n) is 5.34. The van der Waals surface area contributed by atoms with Crippen LogP contribution in [0.2, 0.25) is 0 Å². The van der Waals surface area contributed by atoms with Gasteiger partial charge in [-0.15, -0.1) is 0 Å². The van der Waals surface area contributed by atoms with Crippen LogP contribution in [0.3, 0.4) is 0 Å². The first-order valence-corrected chi connectivity index (χ1v) is 8.69. The molecule has 4 rings (SSSR count). The van der Waals surface area contributed by atoms with Crippen LogP contribution in [0.4, 0.5) is 4.39 Å². The van der Waals surface area contributed by atoms with E-state index in [0.717, 1.165) is 12.0 Å². The quantitative estimate of drug-likeness (QED) is 0.912. The predicted molar refractivity (Wildman–Crippen MR) is 92.8 cm³/mol.